The molecule has 0 atom stereocenters. The molecule has 2 aromatic rings. The van der Waals surface area contributed by atoms with Gasteiger partial charge in [0.25, 0.3) is 0 Å². The van der Waals surface area contributed by atoms with Crippen LogP contribution in [0.4, 0.5) is 0 Å². The van der Waals surface area contributed by atoms with Gasteiger partial charge in [0.05, 0.1) is 20.8 Å². The summed E-state index contributed by atoms with van der Waals surface area (Å²) in [5.41, 5.74) is 1.16. The molecule has 0 spiro atoms. The lowest BCUT2D eigenvalue weighted by Crippen LogP contribution is -1.98. The van der Waals surface area contributed by atoms with E-state index in [0.717, 1.165) is 5.56 Å². The third-order valence-corrected chi connectivity index (χ3v) is 3.39. The molecule has 24 heavy (non-hydrogen) atoms. The van der Waals surface area contributed by atoms with Gasteiger partial charge in [-0.25, -0.2) is 0 Å². The number of ether oxygens (including phenoxy) is 3. The van der Waals surface area contributed by atoms with E-state index >= 15 is 0 Å². The van der Waals surface area contributed by atoms with Crippen LogP contribution in [0.1, 0.15) is 22.8 Å². The fraction of sp³-hybridized carbons (Fsp3) is 0.211. The second-order valence-electron chi connectivity index (χ2n) is 4.90. The van der Waals surface area contributed by atoms with Gasteiger partial charge in [0.2, 0.25) is 0 Å². The fourth-order valence-corrected chi connectivity index (χ4v) is 2.24. The van der Waals surface area contributed by atoms with Crippen LogP contribution in [0.15, 0.2) is 42.5 Å². The monoisotopic (exact) mass is 328 g/mol. The van der Waals surface area contributed by atoms with E-state index in [1.165, 1.54) is 25.3 Å². The third-order valence-electron chi connectivity index (χ3n) is 3.39. The summed E-state index contributed by atoms with van der Waals surface area (Å²) < 4.78 is 15.9. The number of phenolic OH excluding ortho intramolecular Hbond substituents is 1. The van der Waals surface area contributed by atoms with Gasteiger partial charge in [-0.1, -0.05) is 12.1 Å². The molecule has 2 rings (SSSR count). The number of phenols is 1. The summed E-state index contributed by atoms with van der Waals surface area (Å²) in [4.78, 5) is 12.3. The second kappa shape index (κ2) is 8.06. The lowest BCUT2D eigenvalue weighted by molar-refractivity contribution is 0.104. The normalized spacial score (nSPS) is 10.6. The first-order valence-corrected chi connectivity index (χ1v) is 7.50. The molecule has 0 saturated carbocycles. The van der Waals surface area contributed by atoms with Crippen molar-refractivity contribution in [2.75, 3.05) is 20.8 Å². The number of ketones is 1. The molecule has 0 unspecified atom stereocenters. The van der Waals surface area contributed by atoms with Crippen molar-refractivity contribution in [2.45, 2.75) is 6.92 Å². The molecule has 1 N–H and O–H groups in total. The van der Waals surface area contributed by atoms with Crippen molar-refractivity contribution >= 4 is 11.9 Å². The summed E-state index contributed by atoms with van der Waals surface area (Å²) in [5.74, 6) is 1.24. The Labute approximate surface area is 141 Å². The Hall–Kier alpha value is -2.95. The molecule has 0 radical (unpaired) electrons. The highest BCUT2D eigenvalue weighted by Crippen LogP contribution is 2.32. The molecule has 0 aliphatic rings. The van der Waals surface area contributed by atoms with E-state index in [9.17, 15) is 9.90 Å². The molecular weight excluding hydrogens is 308 g/mol. The maximum Gasteiger partial charge on any atom is 0.185 e. The van der Waals surface area contributed by atoms with Crippen molar-refractivity contribution in [3.63, 3.8) is 0 Å². The van der Waals surface area contributed by atoms with Gasteiger partial charge in [-0.15, -0.1) is 0 Å². The Morgan fingerprint density at radius 3 is 2.58 bits per heavy atom. The van der Waals surface area contributed by atoms with Crippen LogP contribution in [0, 0.1) is 0 Å². The summed E-state index contributed by atoms with van der Waals surface area (Å²) in [6, 6.07) is 9.94. The van der Waals surface area contributed by atoms with Crippen molar-refractivity contribution in [3.8, 4) is 23.0 Å². The van der Waals surface area contributed by atoms with E-state index in [0.29, 0.717) is 23.7 Å². The molecule has 5 heteroatoms. The highest BCUT2D eigenvalue weighted by Gasteiger charge is 2.10. The van der Waals surface area contributed by atoms with E-state index < -0.39 is 0 Å². The van der Waals surface area contributed by atoms with Crippen LogP contribution in [0.5, 0.6) is 23.0 Å². The van der Waals surface area contributed by atoms with Crippen LogP contribution in [0.2, 0.25) is 0 Å². The predicted octanol–water partition coefficient (Wildman–Crippen LogP) is 3.70. The van der Waals surface area contributed by atoms with Crippen molar-refractivity contribution in [1.29, 1.82) is 0 Å². The van der Waals surface area contributed by atoms with Gasteiger partial charge >= 0.3 is 0 Å². The highest BCUT2D eigenvalue weighted by atomic mass is 16.5. The number of aromatic hydroxyl groups is 1. The lowest BCUT2D eigenvalue weighted by atomic mass is 10.1. The standard InChI is InChI=1S/C19H20O5/c1-4-24-17-7-5-6-13(19(17)23-3)8-10-15(20)14-9-11-16(21)18(12-14)22-2/h5-12,21H,4H2,1-3H3/b10-8+. The van der Waals surface area contributed by atoms with Gasteiger partial charge < -0.3 is 19.3 Å². The van der Waals surface area contributed by atoms with Gasteiger partial charge in [-0.3, -0.25) is 4.79 Å². The Morgan fingerprint density at radius 2 is 1.92 bits per heavy atom. The van der Waals surface area contributed by atoms with Crippen LogP contribution >= 0.6 is 0 Å². The van der Waals surface area contributed by atoms with Crippen LogP contribution in [-0.4, -0.2) is 31.7 Å². The van der Waals surface area contributed by atoms with Crippen LogP contribution in [0.3, 0.4) is 0 Å². The number of para-hydroxylation sites is 1. The van der Waals surface area contributed by atoms with E-state index in [2.05, 4.69) is 0 Å². The van der Waals surface area contributed by atoms with Gasteiger partial charge in [-0.2, -0.15) is 0 Å². The van der Waals surface area contributed by atoms with Gasteiger partial charge in [0.1, 0.15) is 0 Å². The number of carbonyl (C=O) groups is 1. The second-order valence-corrected chi connectivity index (χ2v) is 4.90. The SMILES string of the molecule is CCOc1cccc(/C=C/C(=O)c2ccc(O)c(OC)c2)c1OC. The van der Waals surface area contributed by atoms with Crippen molar-refractivity contribution in [2.24, 2.45) is 0 Å². The first-order valence-electron chi connectivity index (χ1n) is 7.50. The lowest BCUT2D eigenvalue weighted by Gasteiger charge is -2.11. The zero-order chi connectivity index (χ0) is 17.5. The van der Waals surface area contributed by atoms with E-state index in [1.54, 1.807) is 19.3 Å². The van der Waals surface area contributed by atoms with Crippen LogP contribution in [0.25, 0.3) is 6.08 Å². The zero-order valence-electron chi connectivity index (χ0n) is 13.9. The molecular formula is C19H20O5. The average Bonchev–Trinajstić information content (AvgIpc) is 2.60. The summed E-state index contributed by atoms with van der Waals surface area (Å²) >= 11 is 0. The number of rotatable bonds is 7. The van der Waals surface area contributed by atoms with E-state index in [1.807, 2.05) is 25.1 Å². The minimum Gasteiger partial charge on any atom is -0.504 e. The number of hydrogen-bond acceptors (Lipinski definition) is 5. The Balaban J connectivity index is 2.27. The minimum absolute atomic E-state index is 0.0101. The number of hydrogen-bond donors (Lipinski definition) is 1. The van der Waals surface area contributed by atoms with Crippen molar-refractivity contribution < 1.29 is 24.1 Å². The summed E-state index contributed by atoms with van der Waals surface area (Å²) in [6.07, 6.45) is 3.11. The molecule has 126 valence electrons. The Morgan fingerprint density at radius 1 is 1.12 bits per heavy atom. The molecule has 0 heterocycles. The van der Waals surface area contributed by atoms with Gasteiger partial charge in [-0.05, 0) is 43.3 Å². The van der Waals surface area contributed by atoms with Crippen molar-refractivity contribution in [3.05, 3.63) is 53.6 Å². The molecule has 0 bridgehead atoms. The number of methoxy groups -OCH3 is 2. The number of carbonyl (C=O) groups excluding carboxylic acids is 1. The van der Waals surface area contributed by atoms with Crippen LogP contribution < -0.4 is 14.2 Å². The molecule has 2 aromatic carbocycles. The summed E-state index contributed by atoms with van der Waals surface area (Å²) in [7, 11) is 2.99. The molecule has 5 nitrogen and oxygen atoms in total. The van der Waals surface area contributed by atoms with E-state index in [-0.39, 0.29) is 17.3 Å². The van der Waals surface area contributed by atoms with E-state index in [4.69, 9.17) is 14.2 Å². The first kappa shape index (κ1) is 17.4. The topological polar surface area (TPSA) is 65.0 Å². The number of benzene rings is 2. The summed E-state index contributed by atoms with van der Waals surface area (Å²) in [5, 5.41) is 9.59. The smallest absolute Gasteiger partial charge is 0.185 e. The van der Waals surface area contributed by atoms with Crippen molar-refractivity contribution in [1.82, 2.24) is 0 Å². The third kappa shape index (κ3) is 3.87. The molecule has 0 aliphatic carbocycles. The van der Waals surface area contributed by atoms with Gasteiger partial charge in [0.15, 0.2) is 28.8 Å². The fourth-order valence-electron chi connectivity index (χ4n) is 2.24. The first-order chi connectivity index (χ1) is 11.6. The average molecular weight is 328 g/mol. The van der Waals surface area contributed by atoms with Crippen LogP contribution in [-0.2, 0) is 0 Å². The largest absolute Gasteiger partial charge is 0.504 e. The maximum atomic E-state index is 12.3. The number of allylic oxidation sites excluding steroid dienone is 1. The van der Waals surface area contributed by atoms with Gasteiger partial charge in [0, 0.05) is 11.1 Å². The predicted molar refractivity (Wildman–Crippen MR) is 92.2 cm³/mol. The molecule has 0 saturated heterocycles. The Bertz CT molecular complexity index is 749. The highest BCUT2D eigenvalue weighted by molar-refractivity contribution is 6.07. The molecule has 0 aromatic heterocycles. The maximum absolute atomic E-state index is 12.3. The molecule has 0 amide bonds. The summed E-state index contributed by atoms with van der Waals surface area (Å²) in [6.45, 7) is 2.42. The molecule has 0 fully saturated rings. The Kier molecular flexibility index (Phi) is 5.84. The minimum atomic E-state index is -0.211. The zero-order valence-corrected chi connectivity index (χ0v) is 13.9. The quantitative estimate of drug-likeness (QED) is 0.620. The molecule has 0 aliphatic heterocycles.